The molecule has 1 aromatic carbocycles. The van der Waals surface area contributed by atoms with Gasteiger partial charge in [-0.3, -0.25) is 0 Å². The molecule has 0 fully saturated rings. The van der Waals surface area contributed by atoms with Gasteiger partial charge in [0.05, 0.1) is 5.75 Å². The normalized spacial score (nSPS) is 9.54. The molecule has 1 rings (SSSR count). The van der Waals surface area contributed by atoms with Crippen molar-refractivity contribution in [3.8, 4) is 12.3 Å². The lowest BCUT2D eigenvalue weighted by Crippen LogP contribution is -2.04. The SMILES string of the molecule is C#CCSc1ccc(CNC)cc1. The smallest absolute Gasteiger partial charge is 0.0592 e. The molecule has 0 heterocycles. The lowest BCUT2D eigenvalue weighted by Gasteiger charge is -2.01. The van der Waals surface area contributed by atoms with E-state index in [0.717, 1.165) is 12.3 Å². The molecule has 0 aromatic heterocycles. The van der Waals surface area contributed by atoms with Crippen molar-refractivity contribution in [3.05, 3.63) is 29.8 Å². The van der Waals surface area contributed by atoms with Crippen LogP contribution >= 0.6 is 11.8 Å². The zero-order chi connectivity index (χ0) is 9.52. The number of rotatable bonds is 4. The van der Waals surface area contributed by atoms with E-state index in [0.29, 0.717) is 0 Å². The van der Waals surface area contributed by atoms with Crippen LogP contribution in [-0.4, -0.2) is 12.8 Å². The van der Waals surface area contributed by atoms with Crippen LogP contribution in [0.25, 0.3) is 0 Å². The quantitative estimate of drug-likeness (QED) is 0.578. The zero-order valence-electron chi connectivity index (χ0n) is 7.71. The van der Waals surface area contributed by atoms with Gasteiger partial charge in [0, 0.05) is 11.4 Å². The maximum Gasteiger partial charge on any atom is 0.0592 e. The minimum absolute atomic E-state index is 0.741. The van der Waals surface area contributed by atoms with Crippen LogP contribution in [-0.2, 0) is 6.54 Å². The van der Waals surface area contributed by atoms with Crippen molar-refractivity contribution >= 4 is 11.8 Å². The zero-order valence-corrected chi connectivity index (χ0v) is 8.53. The summed E-state index contributed by atoms with van der Waals surface area (Å²) in [4.78, 5) is 1.23. The van der Waals surface area contributed by atoms with Crippen LogP contribution in [0.4, 0.5) is 0 Å². The van der Waals surface area contributed by atoms with Crippen LogP contribution in [0.15, 0.2) is 29.2 Å². The Hall–Kier alpha value is -0.910. The number of hydrogen-bond donors (Lipinski definition) is 1. The second kappa shape index (κ2) is 5.69. The molecule has 0 radical (unpaired) electrons. The van der Waals surface area contributed by atoms with Gasteiger partial charge >= 0.3 is 0 Å². The molecular weight excluding hydrogens is 178 g/mol. The molecule has 0 saturated heterocycles. The van der Waals surface area contributed by atoms with E-state index in [9.17, 15) is 0 Å². The predicted octanol–water partition coefficient (Wildman–Crippen LogP) is 2.13. The Morgan fingerprint density at radius 1 is 1.38 bits per heavy atom. The first-order valence-corrected chi connectivity index (χ1v) is 5.15. The summed E-state index contributed by atoms with van der Waals surface area (Å²) < 4.78 is 0. The van der Waals surface area contributed by atoms with Gasteiger partial charge in [-0.05, 0) is 24.7 Å². The van der Waals surface area contributed by atoms with Gasteiger partial charge < -0.3 is 5.32 Å². The molecule has 0 unspecified atom stereocenters. The van der Waals surface area contributed by atoms with E-state index in [-0.39, 0.29) is 0 Å². The minimum Gasteiger partial charge on any atom is -0.316 e. The van der Waals surface area contributed by atoms with Gasteiger partial charge in [0.1, 0.15) is 0 Å². The second-order valence-electron chi connectivity index (χ2n) is 2.67. The monoisotopic (exact) mass is 191 g/mol. The molecule has 1 aromatic rings. The summed E-state index contributed by atoms with van der Waals surface area (Å²) in [5.74, 6) is 3.35. The third kappa shape index (κ3) is 3.54. The van der Waals surface area contributed by atoms with Crippen molar-refractivity contribution in [2.75, 3.05) is 12.8 Å². The highest BCUT2D eigenvalue weighted by Gasteiger charge is 1.93. The highest BCUT2D eigenvalue weighted by Crippen LogP contribution is 2.17. The molecule has 0 aliphatic rings. The first-order valence-electron chi connectivity index (χ1n) is 4.16. The van der Waals surface area contributed by atoms with Gasteiger partial charge in [0.15, 0.2) is 0 Å². The average molecular weight is 191 g/mol. The Morgan fingerprint density at radius 3 is 2.62 bits per heavy atom. The summed E-state index contributed by atoms with van der Waals surface area (Å²) in [6.07, 6.45) is 5.17. The number of terminal acetylenes is 1. The molecule has 0 aliphatic carbocycles. The van der Waals surface area contributed by atoms with Gasteiger partial charge in [-0.2, -0.15) is 0 Å². The van der Waals surface area contributed by atoms with Gasteiger partial charge in [0.2, 0.25) is 0 Å². The second-order valence-corrected chi connectivity index (χ2v) is 3.72. The summed E-state index contributed by atoms with van der Waals surface area (Å²) in [5.41, 5.74) is 1.30. The predicted molar refractivity (Wildman–Crippen MR) is 58.8 cm³/mol. The topological polar surface area (TPSA) is 12.0 Å². The molecular formula is C11H13NS. The largest absolute Gasteiger partial charge is 0.316 e. The maximum absolute atomic E-state index is 5.17. The van der Waals surface area contributed by atoms with Crippen LogP contribution in [0.1, 0.15) is 5.56 Å². The highest BCUT2D eigenvalue weighted by molar-refractivity contribution is 7.99. The van der Waals surface area contributed by atoms with Crippen LogP contribution in [0.3, 0.4) is 0 Å². The third-order valence-corrected chi connectivity index (χ3v) is 2.54. The Bertz CT molecular complexity index is 284. The Kier molecular flexibility index (Phi) is 4.45. The maximum atomic E-state index is 5.17. The molecule has 0 amide bonds. The standard InChI is InChI=1S/C11H13NS/c1-3-8-13-11-6-4-10(5-7-11)9-12-2/h1,4-7,12H,8-9H2,2H3. The van der Waals surface area contributed by atoms with Crippen molar-refractivity contribution < 1.29 is 0 Å². The van der Waals surface area contributed by atoms with E-state index in [1.54, 1.807) is 11.8 Å². The third-order valence-electron chi connectivity index (χ3n) is 1.63. The Balaban J connectivity index is 2.54. The molecule has 0 aliphatic heterocycles. The van der Waals surface area contributed by atoms with E-state index < -0.39 is 0 Å². The van der Waals surface area contributed by atoms with Gasteiger partial charge in [0.25, 0.3) is 0 Å². The van der Waals surface area contributed by atoms with Gasteiger partial charge in [-0.15, -0.1) is 18.2 Å². The van der Waals surface area contributed by atoms with E-state index in [1.165, 1.54) is 10.5 Å². The Morgan fingerprint density at radius 2 is 2.08 bits per heavy atom. The van der Waals surface area contributed by atoms with E-state index in [2.05, 4.69) is 35.5 Å². The molecule has 0 spiro atoms. The fourth-order valence-corrected chi connectivity index (χ4v) is 1.61. The summed E-state index contributed by atoms with van der Waals surface area (Å²) in [7, 11) is 1.95. The van der Waals surface area contributed by atoms with Crippen molar-refractivity contribution in [2.45, 2.75) is 11.4 Å². The van der Waals surface area contributed by atoms with Gasteiger partial charge in [-0.25, -0.2) is 0 Å². The van der Waals surface area contributed by atoms with E-state index >= 15 is 0 Å². The molecule has 13 heavy (non-hydrogen) atoms. The number of nitrogens with one attached hydrogen (secondary N) is 1. The molecule has 1 N–H and O–H groups in total. The van der Waals surface area contributed by atoms with Crippen LogP contribution in [0.2, 0.25) is 0 Å². The summed E-state index contributed by atoms with van der Waals surface area (Å²) in [6, 6.07) is 8.45. The first kappa shape index (κ1) is 10.2. The van der Waals surface area contributed by atoms with Gasteiger partial charge in [-0.1, -0.05) is 18.1 Å². The van der Waals surface area contributed by atoms with Crippen LogP contribution in [0, 0.1) is 12.3 Å². The number of benzene rings is 1. The van der Waals surface area contributed by atoms with Crippen molar-refractivity contribution in [3.63, 3.8) is 0 Å². The first-order chi connectivity index (χ1) is 6.36. The van der Waals surface area contributed by atoms with Crippen molar-refractivity contribution in [1.29, 1.82) is 0 Å². The number of hydrogen-bond acceptors (Lipinski definition) is 2. The van der Waals surface area contributed by atoms with Crippen molar-refractivity contribution in [1.82, 2.24) is 5.32 Å². The Labute approximate surface area is 83.9 Å². The molecule has 0 bridgehead atoms. The minimum atomic E-state index is 0.741. The lowest BCUT2D eigenvalue weighted by atomic mass is 10.2. The fraction of sp³-hybridized carbons (Fsp3) is 0.273. The molecule has 1 nitrogen and oxygen atoms in total. The van der Waals surface area contributed by atoms with Crippen LogP contribution < -0.4 is 5.32 Å². The summed E-state index contributed by atoms with van der Waals surface area (Å²) in [6.45, 7) is 0.917. The van der Waals surface area contributed by atoms with Crippen molar-refractivity contribution in [2.24, 2.45) is 0 Å². The summed E-state index contributed by atoms with van der Waals surface area (Å²) in [5, 5.41) is 3.11. The van der Waals surface area contributed by atoms with E-state index in [1.807, 2.05) is 7.05 Å². The molecule has 68 valence electrons. The van der Waals surface area contributed by atoms with E-state index in [4.69, 9.17) is 6.42 Å². The summed E-state index contributed by atoms with van der Waals surface area (Å²) >= 11 is 1.69. The fourth-order valence-electron chi connectivity index (χ4n) is 1.03. The lowest BCUT2D eigenvalue weighted by molar-refractivity contribution is 0.817. The van der Waals surface area contributed by atoms with Crippen LogP contribution in [0.5, 0.6) is 0 Å². The highest BCUT2D eigenvalue weighted by atomic mass is 32.2. The number of thioether (sulfide) groups is 1. The molecule has 2 heteroatoms. The average Bonchev–Trinajstić information content (AvgIpc) is 2.17. The molecule has 0 atom stereocenters. The molecule has 0 saturated carbocycles.